The molecule has 3 heteroatoms. The van der Waals surface area contributed by atoms with E-state index in [0.29, 0.717) is 5.56 Å². The Morgan fingerprint density at radius 3 is 2.81 bits per heavy atom. The SMILES string of the molecule is O[C@@H]1c2c(ncc3ccccc23)C=C[C@@H]1O. The second-order valence-corrected chi connectivity index (χ2v) is 3.94. The normalized spacial score (nSPS) is 23.4. The molecule has 0 spiro atoms. The highest BCUT2D eigenvalue weighted by molar-refractivity contribution is 5.88. The van der Waals surface area contributed by atoms with Gasteiger partial charge in [0.15, 0.2) is 0 Å². The van der Waals surface area contributed by atoms with Crippen LogP contribution in [0.4, 0.5) is 0 Å². The molecule has 3 nitrogen and oxygen atoms in total. The lowest BCUT2D eigenvalue weighted by Gasteiger charge is -2.22. The van der Waals surface area contributed by atoms with E-state index in [4.69, 9.17) is 0 Å². The van der Waals surface area contributed by atoms with Gasteiger partial charge in [-0.05, 0) is 11.5 Å². The Hall–Kier alpha value is -1.71. The van der Waals surface area contributed by atoms with Gasteiger partial charge in [0.25, 0.3) is 0 Å². The first kappa shape index (κ1) is 9.51. The van der Waals surface area contributed by atoms with Crippen LogP contribution in [-0.4, -0.2) is 21.3 Å². The van der Waals surface area contributed by atoms with Crippen molar-refractivity contribution in [2.24, 2.45) is 0 Å². The Morgan fingerprint density at radius 2 is 1.94 bits per heavy atom. The highest BCUT2D eigenvalue weighted by Gasteiger charge is 2.24. The van der Waals surface area contributed by atoms with Gasteiger partial charge in [0.05, 0.1) is 5.69 Å². The highest BCUT2D eigenvalue weighted by Crippen LogP contribution is 2.32. The molecule has 3 rings (SSSR count). The van der Waals surface area contributed by atoms with Gasteiger partial charge >= 0.3 is 0 Å². The van der Waals surface area contributed by atoms with E-state index in [1.807, 2.05) is 24.3 Å². The molecule has 0 saturated heterocycles. The molecule has 0 unspecified atom stereocenters. The van der Waals surface area contributed by atoms with Gasteiger partial charge in [-0.3, -0.25) is 4.98 Å². The van der Waals surface area contributed by atoms with Crippen LogP contribution in [-0.2, 0) is 0 Å². The number of pyridine rings is 1. The van der Waals surface area contributed by atoms with E-state index in [2.05, 4.69) is 4.98 Å². The van der Waals surface area contributed by atoms with Crippen molar-refractivity contribution in [3.05, 3.63) is 47.8 Å². The second-order valence-electron chi connectivity index (χ2n) is 3.94. The summed E-state index contributed by atoms with van der Waals surface area (Å²) in [6, 6.07) is 7.73. The van der Waals surface area contributed by atoms with Crippen LogP contribution >= 0.6 is 0 Å². The van der Waals surface area contributed by atoms with Crippen molar-refractivity contribution in [2.45, 2.75) is 12.2 Å². The monoisotopic (exact) mass is 213 g/mol. The fourth-order valence-corrected chi connectivity index (χ4v) is 2.11. The fourth-order valence-electron chi connectivity index (χ4n) is 2.11. The number of aliphatic hydroxyl groups excluding tert-OH is 2. The molecule has 0 saturated carbocycles. The third kappa shape index (κ3) is 1.26. The van der Waals surface area contributed by atoms with E-state index in [-0.39, 0.29) is 0 Å². The number of aromatic nitrogens is 1. The molecule has 0 fully saturated rings. The molecule has 1 heterocycles. The van der Waals surface area contributed by atoms with E-state index in [0.717, 1.165) is 16.5 Å². The zero-order chi connectivity index (χ0) is 11.1. The molecule has 2 atom stereocenters. The van der Waals surface area contributed by atoms with Crippen molar-refractivity contribution in [1.29, 1.82) is 0 Å². The minimum atomic E-state index is -0.890. The first-order valence-corrected chi connectivity index (χ1v) is 5.19. The molecule has 0 bridgehead atoms. The Balaban J connectivity index is 2.37. The van der Waals surface area contributed by atoms with E-state index in [1.54, 1.807) is 18.3 Å². The number of fused-ring (bicyclic) bond motifs is 3. The molecular formula is C13H11NO2. The van der Waals surface area contributed by atoms with Crippen molar-refractivity contribution in [2.75, 3.05) is 0 Å². The molecule has 0 aliphatic heterocycles. The molecule has 1 aromatic carbocycles. The molecule has 2 aromatic rings. The molecule has 1 aliphatic carbocycles. The minimum Gasteiger partial charge on any atom is -0.386 e. The minimum absolute atomic E-state index is 0.716. The standard InChI is InChI=1S/C13H11NO2/c15-11-6-5-10-12(13(11)16)9-4-2-1-3-8(9)7-14-10/h1-7,11,13,15-16H/t11-,13-/m0/s1. The summed E-state index contributed by atoms with van der Waals surface area (Å²) in [6.07, 6.45) is 3.36. The van der Waals surface area contributed by atoms with Crippen LogP contribution in [0.15, 0.2) is 36.5 Å². The zero-order valence-corrected chi connectivity index (χ0v) is 8.54. The maximum absolute atomic E-state index is 9.99. The smallest absolute Gasteiger partial charge is 0.111 e. The van der Waals surface area contributed by atoms with Crippen LogP contribution in [0.2, 0.25) is 0 Å². The molecule has 0 amide bonds. The topological polar surface area (TPSA) is 53.4 Å². The summed E-state index contributed by atoms with van der Waals surface area (Å²) in [5.41, 5.74) is 1.45. The maximum atomic E-state index is 9.99. The summed E-state index contributed by atoms with van der Waals surface area (Å²) < 4.78 is 0. The van der Waals surface area contributed by atoms with Crippen molar-refractivity contribution in [1.82, 2.24) is 4.98 Å². The lowest BCUT2D eigenvalue weighted by atomic mass is 9.92. The molecule has 80 valence electrons. The summed E-state index contributed by atoms with van der Waals surface area (Å²) in [5.74, 6) is 0. The second kappa shape index (κ2) is 3.40. The summed E-state index contributed by atoms with van der Waals surface area (Å²) in [7, 11) is 0. The van der Waals surface area contributed by atoms with Crippen molar-refractivity contribution < 1.29 is 10.2 Å². The van der Waals surface area contributed by atoms with Crippen LogP contribution in [0.1, 0.15) is 17.4 Å². The van der Waals surface area contributed by atoms with Crippen molar-refractivity contribution in [3.63, 3.8) is 0 Å². The van der Waals surface area contributed by atoms with E-state index in [1.165, 1.54) is 0 Å². The maximum Gasteiger partial charge on any atom is 0.111 e. The lowest BCUT2D eigenvalue weighted by molar-refractivity contribution is 0.0477. The quantitative estimate of drug-likeness (QED) is 0.699. The highest BCUT2D eigenvalue weighted by atomic mass is 16.3. The Morgan fingerprint density at radius 1 is 1.12 bits per heavy atom. The number of benzene rings is 1. The Labute approximate surface area is 92.7 Å². The average Bonchev–Trinajstić information content (AvgIpc) is 2.33. The van der Waals surface area contributed by atoms with E-state index in [9.17, 15) is 10.2 Å². The van der Waals surface area contributed by atoms with Gasteiger partial charge in [-0.2, -0.15) is 0 Å². The Bertz CT molecular complexity index is 577. The van der Waals surface area contributed by atoms with Gasteiger partial charge in [0.1, 0.15) is 12.2 Å². The van der Waals surface area contributed by atoms with Gasteiger partial charge in [0.2, 0.25) is 0 Å². The van der Waals surface area contributed by atoms with E-state index >= 15 is 0 Å². The summed E-state index contributed by atoms with van der Waals surface area (Å²) in [6.45, 7) is 0. The van der Waals surface area contributed by atoms with Gasteiger partial charge in [-0.1, -0.05) is 30.3 Å². The molecule has 2 N–H and O–H groups in total. The zero-order valence-electron chi connectivity index (χ0n) is 8.54. The van der Waals surface area contributed by atoms with Crippen LogP contribution in [0.3, 0.4) is 0 Å². The average molecular weight is 213 g/mol. The summed E-state index contributed by atoms with van der Waals surface area (Å²) >= 11 is 0. The van der Waals surface area contributed by atoms with Crippen LogP contribution in [0.25, 0.3) is 16.8 Å². The van der Waals surface area contributed by atoms with Crippen molar-refractivity contribution >= 4 is 16.8 Å². The fraction of sp³-hybridized carbons (Fsp3) is 0.154. The number of aliphatic hydroxyl groups is 2. The molecule has 1 aromatic heterocycles. The van der Waals surface area contributed by atoms with Crippen LogP contribution < -0.4 is 0 Å². The third-order valence-electron chi connectivity index (χ3n) is 2.94. The summed E-state index contributed by atoms with van der Waals surface area (Å²) in [5, 5.41) is 21.5. The number of hydrogen-bond acceptors (Lipinski definition) is 3. The Kier molecular flexibility index (Phi) is 2.02. The first-order chi connectivity index (χ1) is 7.77. The molecular weight excluding hydrogens is 202 g/mol. The third-order valence-corrected chi connectivity index (χ3v) is 2.94. The summed E-state index contributed by atoms with van der Waals surface area (Å²) in [4.78, 5) is 4.27. The molecule has 16 heavy (non-hydrogen) atoms. The van der Waals surface area contributed by atoms with E-state index < -0.39 is 12.2 Å². The van der Waals surface area contributed by atoms with Gasteiger partial charge in [-0.15, -0.1) is 0 Å². The number of hydrogen-bond donors (Lipinski definition) is 2. The van der Waals surface area contributed by atoms with Crippen molar-refractivity contribution in [3.8, 4) is 0 Å². The number of nitrogens with zero attached hydrogens (tertiary/aromatic N) is 1. The lowest BCUT2D eigenvalue weighted by Crippen LogP contribution is -2.20. The van der Waals surface area contributed by atoms with Crippen LogP contribution in [0.5, 0.6) is 0 Å². The predicted molar refractivity (Wildman–Crippen MR) is 61.7 cm³/mol. The van der Waals surface area contributed by atoms with Gasteiger partial charge in [-0.25, -0.2) is 0 Å². The van der Waals surface area contributed by atoms with Gasteiger partial charge < -0.3 is 10.2 Å². The largest absolute Gasteiger partial charge is 0.386 e. The molecule has 0 radical (unpaired) electrons. The number of rotatable bonds is 0. The van der Waals surface area contributed by atoms with Gasteiger partial charge in [0, 0.05) is 17.1 Å². The predicted octanol–water partition coefficient (Wildman–Crippen LogP) is 1.66. The first-order valence-electron chi connectivity index (χ1n) is 5.19. The molecule has 1 aliphatic rings. The van der Waals surface area contributed by atoms with Crippen LogP contribution in [0, 0.1) is 0 Å².